The largest absolute Gasteiger partial charge is 0.462 e. The van der Waals surface area contributed by atoms with Crippen LogP contribution in [0.5, 0.6) is 0 Å². The van der Waals surface area contributed by atoms with E-state index >= 15 is 0 Å². The summed E-state index contributed by atoms with van der Waals surface area (Å²) in [4.78, 5) is 11.6. The summed E-state index contributed by atoms with van der Waals surface area (Å²) in [6.45, 7) is 2.67. The highest BCUT2D eigenvalue weighted by molar-refractivity contribution is 5.90. The summed E-state index contributed by atoms with van der Waals surface area (Å²) < 4.78 is 24.4. The van der Waals surface area contributed by atoms with Crippen molar-refractivity contribution in [2.45, 2.75) is 32.3 Å². The zero-order valence-electron chi connectivity index (χ0n) is 10.9. The molecule has 19 heavy (non-hydrogen) atoms. The van der Waals surface area contributed by atoms with E-state index < -0.39 is 11.8 Å². The van der Waals surface area contributed by atoms with Gasteiger partial charge in [-0.1, -0.05) is 0 Å². The highest BCUT2D eigenvalue weighted by Crippen LogP contribution is 2.25. The molecule has 1 aromatic rings. The molecule has 1 aromatic carbocycles. The summed E-state index contributed by atoms with van der Waals surface area (Å²) in [5.41, 5.74) is 6.46. The monoisotopic (exact) mass is 267 g/mol. The highest BCUT2D eigenvalue weighted by atomic mass is 19.1. The fourth-order valence-corrected chi connectivity index (χ4v) is 2.07. The van der Waals surface area contributed by atoms with Crippen molar-refractivity contribution in [1.29, 1.82) is 0 Å². The Labute approximate surface area is 111 Å². The van der Waals surface area contributed by atoms with Crippen molar-refractivity contribution in [3.8, 4) is 0 Å². The lowest BCUT2D eigenvalue weighted by atomic mass is 9.99. The van der Waals surface area contributed by atoms with Crippen molar-refractivity contribution in [3.63, 3.8) is 0 Å². The predicted octanol–water partition coefficient (Wildman–Crippen LogP) is 2.31. The van der Waals surface area contributed by atoms with Gasteiger partial charge in [-0.3, -0.25) is 0 Å². The van der Waals surface area contributed by atoms with E-state index in [4.69, 9.17) is 15.2 Å². The van der Waals surface area contributed by atoms with Crippen LogP contribution in [0.2, 0.25) is 0 Å². The van der Waals surface area contributed by atoms with Crippen LogP contribution in [0.4, 0.5) is 10.1 Å². The maximum Gasteiger partial charge on any atom is 0.341 e. The topological polar surface area (TPSA) is 61.5 Å². The Balaban J connectivity index is 2.15. The van der Waals surface area contributed by atoms with Gasteiger partial charge in [0, 0.05) is 17.9 Å². The number of rotatable bonds is 5. The molecule has 1 fully saturated rings. The first-order valence-corrected chi connectivity index (χ1v) is 6.49. The SMILES string of the molecule is CCOC(=O)c1ccc(N)c(CC[C@@H]2CCO2)c1F. The summed E-state index contributed by atoms with van der Waals surface area (Å²) in [6.07, 6.45) is 2.37. The minimum atomic E-state index is -0.652. The van der Waals surface area contributed by atoms with Gasteiger partial charge in [0.2, 0.25) is 0 Å². The molecule has 0 aliphatic carbocycles. The number of hydrogen-bond donors (Lipinski definition) is 1. The molecule has 104 valence electrons. The smallest absolute Gasteiger partial charge is 0.341 e. The lowest BCUT2D eigenvalue weighted by molar-refractivity contribution is -0.0542. The first-order valence-electron chi connectivity index (χ1n) is 6.49. The van der Waals surface area contributed by atoms with Crippen molar-refractivity contribution >= 4 is 11.7 Å². The molecule has 4 nitrogen and oxygen atoms in total. The van der Waals surface area contributed by atoms with E-state index in [-0.39, 0.29) is 18.3 Å². The minimum Gasteiger partial charge on any atom is -0.462 e. The fraction of sp³-hybridized carbons (Fsp3) is 0.500. The molecule has 1 saturated heterocycles. The quantitative estimate of drug-likeness (QED) is 0.657. The Kier molecular flexibility index (Phi) is 4.37. The van der Waals surface area contributed by atoms with Gasteiger partial charge >= 0.3 is 5.97 Å². The summed E-state index contributed by atoms with van der Waals surface area (Å²) >= 11 is 0. The summed E-state index contributed by atoms with van der Waals surface area (Å²) in [5, 5.41) is 0. The van der Waals surface area contributed by atoms with Crippen molar-refractivity contribution in [2.24, 2.45) is 0 Å². The molecule has 0 saturated carbocycles. The number of carbonyl (C=O) groups excluding carboxylic acids is 1. The molecule has 0 bridgehead atoms. The number of ether oxygens (including phenoxy) is 2. The van der Waals surface area contributed by atoms with Crippen LogP contribution < -0.4 is 5.73 Å². The highest BCUT2D eigenvalue weighted by Gasteiger charge is 2.22. The van der Waals surface area contributed by atoms with Crippen LogP contribution >= 0.6 is 0 Å². The average Bonchev–Trinajstić information content (AvgIpc) is 2.31. The second-order valence-electron chi connectivity index (χ2n) is 4.54. The fourth-order valence-electron chi connectivity index (χ4n) is 2.07. The van der Waals surface area contributed by atoms with Gasteiger partial charge in [-0.05, 0) is 38.3 Å². The van der Waals surface area contributed by atoms with Crippen LogP contribution in [-0.4, -0.2) is 25.3 Å². The first kappa shape index (κ1) is 13.8. The van der Waals surface area contributed by atoms with Crippen molar-refractivity contribution < 1.29 is 18.7 Å². The van der Waals surface area contributed by atoms with E-state index in [1.807, 2.05) is 0 Å². The van der Waals surface area contributed by atoms with Crippen molar-refractivity contribution in [3.05, 3.63) is 29.1 Å². The van der Waals surface area contributed by atoms with E-state index in [2.05, 4.69) is 0 Å². The summed E-state index contributed by atoms with van der Waals surface area (Å²) in [6, 6.07) is 2.91. The van der Waals surface area contributed by atoms with Gasteiger partial charge in [-0.2, -0.15) is 0 Å². The molecule has 1 atom stereocenters. The van der Waals surface area contributed by atoms with Crippen LogP contribution in [0.1, 0.15) is 35.7 Å². The Hall–Kier alpha value is -1.62. The molecule has 2 N–H and O–H groups in total. The molecule has 5 heteroatoms. The molecule has 1 heterocycles. The van der Waals surface area contributed by atoms with Gasteiger partial charge < -0.3 is 15.2 Å². The Morgan fingerprint density at radius 2 is 2.32 bits per heavy atom. The average molecular weight is 267 g/mol. The number of carbonyl (C=O) groups is 1. The third-order valence-electron chi connectivity index (χ3n) is 3.28. The second kappa shape index (κ2) is 6.02. The molecule has 1 aliphatic heterocycles. The Morgan fingerprint density at radius 1 is 1.58 bits per heavy atom. The van der Waals surface area contributed by atoms with Crippen LogP contribution in [-0.2, 0) is 15.9 Å². The molecule has 0 aromatic heterocycles. The van der Waals surface area contributed by atoms with Crippen LogP contribution in [0, 0.1) is 5.82 Å². The van der Waals surface area contributed by atoms with E-state index in [0.29, 0.717) is 24.1 Å². The van der Waals surface area contributed by atoms with Gasteiger partial charge in [-0.25, -0.2) is 9.18 Å². The summed E-state index contributed by atoms with van der Waals surface area (Å²) in [7, 11) is 0. The van der Waals surface area contributed by atoms with Gasteiger partial charge in [-0.15, -0.1) is 0 Å². The maximum absolute atomic E-state index is 14.3. The van der Waals surface area contributed by atoms with Crippen LogP contribution in [0.3, 0.4) is 0 Å². The number of hydrogen-bond acceptors (Lipinski definition) is 4. The van der Waals surface area contributed by atoms with Gasteiger partial charge in [0.25, 0.3) is 0 Å². The van der Waals surface area contributed by atoms with Crippen LogP contribution in [0.15, 0.2) is 12.1 Å². The van der Waals surface area contributed by atoms with Gasteiger partial charge in [0.05, 0.1) is 18.3 Å². The zero-order valence-corrected chi connectivity index (χ0v) is 10.9. The number of benzene rings is 1. The Morgan fingerprint density at radius 3 is 2.89 bits per heavy atom. The molecule has 0 amide bonds. The number of nitrogens with two attached hydrogens (primary N) is 1. The van der Waals surface area contributed by atoms with Gasteiger partial charge in [0.1, 0.15) is 5.82 Å². The van der Waals surface area contributed by atoms with Crippen LogP contribution in [0.25, 0.3) is 0 Å². The molecule has 2 rings (SSSR count). The van der Waals surface area contributed by atoms with E-state index in [0.717, 1.165) is 13.0 Å². The maximum atomic E-state index is 14.3. The van der Waals surface area contributed by atoms with Crippen molar-refractivity contribution in [2.75, 3.05) is 18.9 Å². The summed E-state index contributed by atoms with van der Waals surface area (Å²) in [5.74, 6) is -1.22. The zero-order chi connectivity index (χ0) is 13.8. The van der Waals surface area contributed by atoms with Crippen molar-refractivity contribution in [1.82, 2.24) is 0 Å². The van der Waals surface area contributed by atoms with E-state index in [9.17, 15) is 9.18 Å². The number of anilines is 1. The number of esters is 1. The third kappa shape index (κ3) is 3.04. The Bertz CT molecular complexity index is 472. The molecular weight excluding hydrogens is 249 g/mol. The lowest BCUT2D eigenvalue weighted by Gasteiger charge is -2.26. The molecule has 0 unspecified atom stereocenters. The third-order valence-corrected chi connectivity index (χ3v) is 3.28. The standard InChI is InChI=1S/C14H18FNO3/c1-2-18-14(17)11-5-6-12(16)10(13(11)15)4-3-9-7-8-19-9/h5-6,9H,2-4,7-8,16H2,1H3/t9-/m1/s1. The second-order valence-corrected chi connectivity index (χ2v) is 4.54. The normalized spacial score (nSPS) is 17.9. The molecule has 1 aliphatic rings. The van der Waals surface area contributed by atoms with E-state index in [1.165, 1.54) is 6.07 Å². The van der Waals surface area contributed by atoms with E-state index in [1.54, 1.807) is 13.0 Å². The van der Waals surface area contributed by atoms with Gasteiger partial charge in [0.15, 0.2) is 0 Å². The number of nitrogen functional groups attached to an aromatic ring is 1. The molecular formula is C14H18FNO3. The minimum absolute atomic E-state index is 0.0550. The first-order chi connectivity index (χ1) is 9.13. The predicted molar refractivity (Wildman–Crippen MR) is 69.4 cm³/mol. The lowest BCUT2D eigenvalue weighted by Crippen LogP contribution is -2.27. The molecule has 0 spiro atoms. The molecule has 0 radical (unpaired) electrons. The number of halogens is 1.